The third kappa shape index (κ3) is 2.85. The van der Waals surface area contributed by atoms with Crippen LogP contribution in [0.15, 0.2) is 30.3 Å². The lowest BCUT2D eigenvalue weighted by Crippen LogP contribution is -2.62. The van der Waals surface area contributed by atoms with Gasteiger partial charge in [-0.25, -0.2) is 4.98 Å². The Morgan fingerprint density at radius 1 is 1.11 bits per heavy atom. The Bertz CT molecular complexity index is 879. The summed E-state index contributed by atoms with van der Waals surface area (Å²) in [6.07, 6.45) is 4.60. The van der Waals surface area contributed by atoms with Crippen molar-refractivity contribution in [3.05, 3.63) is 47.5 Å². The van der Waals surface area contributed by atoms with Crippen molar-refractivity contribution in [2.75, 3.05) is 26.2 Å². The monoisotopic (exact) mass is 377 g/mol. The number of H-pyrrole nitrogens is 1. The average molecular weight is 377 g/mol. The maximum Gasteiger partial charge on any atom is 0.225 e. The van der Waals surface area contributed by atoms with Crippen LogP contribution in [-0.4, -0.2) is 57.1 Å². The fourth-order valence-corrected chi connectivity index (χ4v) is 5.16. The minimum Gasteiger partial charge on any atom is -0.341 e. The first-order chi connectivity index (χ1) is 13.7. The molecule has 3 heterocycles. The molecule has 2 aromatic rings. The van der Waals surface area contributed by atoms with Gasteiger partial charge in [0.1, 0.15) is 5.82 Å². The molecule has 0 bridgehead atoms. The van der Waals surface area contributed by atoms with Crippen molar-refractivity contribution in [3.63, 3.8) is 0 Å². The number of nitrogens with zero attached hydrogens (tertiary/aromatic N) is 4. The van der Waals surface area contributed by atoms with Crippen LogP contribution in [0.2, 0.25) is 0 Å². The zero-order valence-corrected chi connectivity index (χ0v) is 16.2. The van der Waals surface area contributed by atoms with E-state index < -0.39 is 0 Å². The van der Waals surface area contributed by atoms with Crippen LogP contribution in [0, 0.1) is 11.3 Å². The number of amides is 1. The molecule has 1 spiro atoms. The summed E-state index contributed by atoms with van der Waals surface area (Å²) in [6.45, 7) is 4.72. The van der Waals surface area contributed by atoms with Gasteiger partial charge in [-0.2, -0.15) is 5.10 Å². The third-order valence-electron chi connectivity index (χ3n) is 7.01. The summed E-state index contributed by atoms with van der Waals surface area (Å²) < 4.78 is 0. The van der Waals surface area contributed by atoms with E-state index in [1.54, 1.807) is 0 Å². The van der Waals surface area contributed by atoms with Gasteiger partial charge in [0.25, 0.3) is 0 Å². The topological polar surface area (TPSA) is 65.1 Å². The lowest BCUT2D eigenvalue weighted by molar-refractivity contribution is -0.145. The largest absolute Gasteiger partial charge is 0.341 e. The fraction of sp³-hybridized carbons (Fsp3) is 0.591. The number of nitrogens with one attached hydrogen (secondary N) is 1. The van der Waals surface area contributed by atoms with E-state index in [9.17, 15) is 4.79 Å². The van der Waals surface area contributed by atoms with Crippen LogP contribution in [0.5, 0.6) is 0 Å². The van der Waals surface area contributed by atoms with Gasteiger partial charge in [-0.3, -0.25) is 14.8 Å². The van der Waals surface area contributed by atoms with Gasteiger partial charge in [0.2, 0.25) is 5.91 Å². The predicted octanol–water partition coefficient (Wildman–Crippen LogP) is 2.52. The summed E-state index contributed by atoms with van der Waals surface area (Å²) in [4.78, 5) is 22.0. The standard InChI is InChI=1S/C22H27N5O/c28-21(17-8-9-17)27-13-22(14-27)12-26(10-15-4-2-1-3-5-15)11-18(22)20-23-19(24-25-20)16-6-7-16/h1-5,16-18H,6-14H2,(H,23,24,25). The van der Waals surface area contributed by atoms with Gasteiger partial charge >= 0.3 is 0 Å². The smallest absolute Gasteiger partial charge is 0.225 e. The highest BCUT2D eigenvalue weighted by atomic mass is 16.2. The summed E-state index contributed by atoms with van der Waals surface area (Å²) >= 11 is 0. The molecule has 4 fully saturated rings. The van der Waals surface area contributed by atoms with E-state index in [-0.39, 0.29) is 5.41 Å². The SMILES string of the molecule is O=C(C1CC1)N1CC2(CN(Cc3ccccc3)CC2c2nc(C3CC3)n[nH]2)C1. The molecule has 6 nitrogen and oxygen atoms in total. The van der Waals surface area contributed by atoms with Crippen LogP contribution in [0.3, 0.4) is 0 Å². The number of hydrogen-bond donors (Lipinski definition) is 1. The molecule has 1 amide bonds. The molecular weight excluding hydrogens is 350 g/mol. The minimum absolute atomic E-state index is 0.125. The Balaban J connectivity index is 1.23. The Hall–Kier alpha value is -2.21. The molecule has 2 saturated heterocycles. The highest BCUT2D eigenvalue weighted by Crippen LogP contribution is 2.50. The van der Waals surface area contributed by atoms with E-state index >= 15 is 0 Å². The van der Waals surface area contributed by atoms with E-state index in [0.29, 0.717) is 23.7 Å². The number of rotatable bonds is 5. The van der Waals surface area contributed by atoms with E-state index in [1.807, 2.05) is 0 Å². The van der Waals surface area contributed by atoms with Gasteiger partial charge in [-0.05, 0) is 31.2 Å². The number of carbonyl (C=O) groups is 1. The lowest BCUT2D eigenvalue weighted by atomic mass is 9.71. The summed E-state index contributed by atoms with van der Waals surface area (Å²) in [5, 5.41) is 7.78. The molecule has 6 rings (SSSR count). The van der Waals surface area contributed by atoms with Crippen molar-refractivity contribution in [2.45, 2.75) is 44.1 Å². The van der Waals surface area contributed by atoms with Gasteiger partial charge in [0.05, 0.1) is 0 Å². The molecule has 2 saturated carbocycles. The predicted molar refractivity (Wildman–Crippen MR) is 105 cm³/mol. The molecule has 2 aliphatic heterocycles. The molecule has 1 atom stereocenters. The molecule has 1 N–H and O–H groups in total. The van der Waals surface area contributed by atoms with Gasteiger partial charge in [0.15, 0.2) is 5.82 Å². The van der Waals surface area contributed by atoms with Crippen LogP contribution in [0.1, 0.15) is 54.7 Å². The molecule has 1 unspecified atom stereocenters. The number of likely N-dealkylation sites (tertiary alicyclic amines) is 2. The molecule has 4 aliphatic rings. The summed E-state index contributed by atoms with van der Waals surface area (Å²) in [7, 11) is 0. The Morgan fingerprint density at radius 3 is 2.61 bits per heavy atom. The normalized spacial score (nSPS) is 26.6. The molecular formula is C22H27N5O. The molecule has 6 heteroatoms. The van der Waals surface area contributed by atoms with Crippen molar-refractivity contribution < 1.29 is 4.79 Å². The molecule has 0 radical (unpaired) electrons. The van der Waals surface area contributed by atoms with Gasteiger partial charge in [-0.15, -0.1) is 0 Å². The van der Waals surface area contributed by atoms with Crippen LogP contribution in [-0.2, 0) is 11.3 Å². The maximum absolute atomic E-state index is 12.5. The van der Waals surface area contributed by atoms with Crippen LogP contribution >= 0.6 is 0 Å². The maximum atomic E-state index is 12.5. The van der Waals surface area contributed by atoms with Crippen molar-refractivity contribution >= 4 is 5.91 Å². The minimum atomic E-state index is 0.125. The van der Waals surface area contributed by atoms with Gasteiger partial charge < -0.3 is 4.90 Å². The second-order valence-electron chi connectivity index (χ2n) is 9.39. The van der Waals surface area contributed by atoms with E-state index in [4.69, 9.17) is 4.98 Å². The molecule has 1 aromatic heterocycles. The molecule has 28 heavy (non-hydrogen) atoms. The fourth-order valence-electron chi connectivity index (χ4n) is 5.16. The first-order valence-corrected chi connectivity index (χ1v) is 10.7. The number of hydrogen-bond acceptors (Lipinski definition) is 4. The van der Waals surface area contributed by atoms with Crippen LogP contribution < -0.4 is 0 Å². The number of aromatic amines is 1. The third-order valence-corrected chi connectivity index (χ3v) is 7.01. The number of carbonyl (C=O) groups excluding carboxylic acids is 1. The first kappa shape index (κ1) is 16.7. The van der Waals surface area contributed by atoms with Crippen molar-refractivity contribution in [2.24, 2.45) is 11.3 Å². The molecule has 2 aliphatic carbocycles. The summed E-state index contributed by atoms with van der Waals surface area (Å²) in [5.41, 5.74) is 1.47. The van der Waals surface area contributed by atoms with Crippen molar-refractivity contribution in [1.29, 1.82) is 0 Å². The Kier molecular flexibility index (Phi) is 3.67. The lowest BCUT2D eigenvalue weighted by Gasteiger charge is -2.50. The Labute approximate surface area is 165 Å². The van der Waals surface area contributed by atoms with Crippen molar-refractivity contribution in [1.82, 2.24) is 25.0 Å². The van der Waals surface area contributed by atoms with E-state index in [1.165, 1.54) is 18.4 Å². The van der Waals surface area contributed by atoms with Gasteiger partial charge in [0, 0.05) is 55.9 Å². The highest BCUT2D eigenvalue weighted by molar-refractivity contribution is 5.82. The summed E-state index contributed by atoms with van der Waals surface area (Å²) in [6, 6.07) is 10.7. The quantitative estimate of drug-likeness (QED) is 0.870. The zero-order chi connectivity index (χ0) is 18.7. The number of aromatic nitrogens is 3. The van der Waals surface area contributed by atoms with E-state index in [0.717, 1.165) is 57.2 Å². The first-order valence-electron chi connectivity index (χ1n) is 10.7. The highest BCUT2D eigenvalue weighted by Gasteiger charge is 2.57. The summed E-state index contributed by atoms with van der Waals surface area (Å²) in [5.74, 6) is 3.62. The molecule has 1 aromatic carbocycles. The second-order valence-corrected chi connectivity index (χ2v) is 9.39. The zero-order valence-electron chi connectivity index (χ0n) is 16.2. The van der Waals surface area contributed by atoms with Crippen LogP contribution in [0.4, 0.5) is 0 Å². The average Bonchev–Trinajstić information content (AvgIpc) is 3.61. The van der Waals surface area contributed by atoms with Crippen LogP contribution in [0.25, 0.3) is 0 Å². The van der Waals surface area contributed by atoms with Gasteiger partial charge in [-0.1, -0.05) is 30.3 Å². The Morgan fingerprint density at radius 2 is 1.89 bits per heavy atom. The number of benzene rings is 1. The second kappa shape index (κ2) is 6.14. The van der Waals surface area contributed by atoms with E-state index in [2.05, 4.69) is 50.3 Å². The molecule has 146 valence electrons. The van der Waals surface area contributed by atoms with Crippen molar-refractivity contribution in [3.8, 4) is 0 Å².